The maximum absolute atomic E-state index is 15.4. The van der Waals surface area contributed by atoms with Crippen LogP contribution in [-0.2, 0) is 14.8 Å². The van der Waals surface area contributed by atoms with Gasteiger partial charge in [-0.3, -0.25) is 4.79 Å². The molecule has 8 rings (SSSR count). The van der Waals surface area contributed by atoms with Gasteiger partial charge < -0.3 is 15.2 Å². The van der Waals surface area contributed by atoms with E-state index in [2.05, 4.69) is 15.3 Å². The molecule has 2 N–H and O–H groups in total. The third kappa shape index (κ3) is 5.36. The lowest BCUT2D eigenvalue weighted by Gasteiger charge is -2.47. The predicted molar refractivity (Wildman–Crippen MR) is 167 cm³/mol. The molecular formula is C34H30F2N4O5S. The first-order chi connectivity index (χ1) is 22.1. The molecule has 9 nitrogen and oxygen atoms in total. The molecule has 3 aliphatic carbocycles. The molecule has 0 spiro atoms. The number of nitrogens with zero attached hydrogens (tertiary/aromatic N) is 3. The summed E-state index contributed by atoms with van der Waals surface area (Å²) in [6.07, 6.45) is 4.66. The maximum atomic E-state index is 15.4. The fourth-order valence-corrected chi connectivity index (χ4v) is 8.28. The molecule has 3 saturated carbocycles. The summed E-state index contributed by atoms with van der Waals surface area (Å²) in [6.45, 7) is 1.81. The van der Waals surface area contributed by atoms with E-state index in [1.54, 1.807) is 42.5 Å². The van der Waals surface area contributed by atoms with Gasteiger partial charge in [0.25, 0.3) is 10.0 Å². The molecule has 2 heterocycles. The predicted octanol–water partition coefficient (Wildman–Crippen LogP) is 7.02. The first kappa shape index (κ1) is 29.8. The number of aryl methyl sites for hydroxylation is 1. The van der Waals surface area contributed by atoms with E-state index in [-0.39, 0.29) is 50.7 Å². The molecule has 3 fully saturated rings. The van der Waals surface area contributed by atoms with Crippen molar-refractivity contribution < 1.29 is 31.8 Å². The number of carboxylic acid groups (broad SMARTS) is 1. The van der Waals surface area contributed by atoms with Gasteiger partial charge in [0, 0.05) is 35.3 Å². The number of benzene rings is 3. The number of rotatable bonds is 8. The Morgan fingerprint density at radius 1 is 0.957 bits per heavy atom. The van der Waals surface area contributed by atoms with Crippen LogP contribution in [0.1, 0.15) is 31.2 Å². The largest absolute Gasteiger partial charge is 0.481 e. The Kier molecular flexibility index (Phi) is 7.47. The van der Waals surface area contributed by atoms with Crippen LogP contribution in [0.5, 0.6) is 11.6 Å². The monoisotopic (exact) mass is 644 g/mol. The van der Waals surface area contributed by atoms with E-state index in [1.807, 2.05) is 13.0 Å². The van der Waals surface area contributed by atoms with Crippen LogP contribution in [0.4, 0.5) is 14.6 Å². The maximum Gasteiger partial charge on any atom is 0.308 e. The van der Waals surface area contributed by atoms with E-state index in [0.717, 1.165) is 41.3 Å². The molecule has 46 heavy (non-hydrogen) atoms. The van der Waals surface area contributed by atoms with Crippen LogP contribution in [0, 0.1) is 36.3 Å². The Bertz CT molecular complexity index is 2060. The van der Waals surface area contributed by atoms with Crippen LogP contribution < -0.4 is 10.1 Å². The second kappa shape index (κ2) is 11.5. The van der Waals surface area contributed by atoms with Gasteiger partial charge in [-0.15, -0.1) is 0 Å². The van der Waals surface area contributed by atoms with Crippen LogP contribution in [-0.4, -0.2) is 39.5 Å². The molecule has 3 aromatic carbocycles. The molecule has 0 radical (unpaired) electrons. The number of ether oxygens (including phenoxy) is 1. The lowest BCUT2D eigenvalue weighted by molar-refractivity contribution is -0.148. The average Bonchev–Trinajstić information content (AvgIpc) is 3.43. The number of hydrogen-bond donors (Lipinski definition) is 2. The Morgan fingerprint density at radius 3 is 2.35 bits per heavy atom. The minimum absolute atomic E-state index is 0.0391. The Morgan fingerprint density at radius 2 is 1.65 bits per heavy atom. The van der Waals surface area contributed by atoms with Crippen molar-refractivity contribution in [3.63, 3.8) is 0 Å². The number of para-hydroxylation sites is 1. The highest BCUT2D eigenvalue weighted by Crippen LogP contribution is 2.46. The summed E-state index contributed by atoms with van der Waals surface area (Å²) < 4.78 is 64.6. The zero-order chi connectivity index (χ0) is 32.2. The van der Waals surface area contributed by atoms with Crippen molar-refractivity contribution in [2.45, 2.75) is 43.5 Å². The van der Waals surface area contributed by atoms with E-state index < -0.39 is 39.6 Å². The molecule has 0 aliphatic heterocycles. The second-order valence-corrected chi connectivity index (χ2v) is 13.8. The van der Waals surface area contributed by atoms with E-state index >= 15 is 4.39 Å². The Balaban J connectivity index is 1.39. The average molecular weight is 645 g/mol. The third-order valence-electron chi connectivity index (χ3n) is 9.09. The second-order valence-electron chi connectivity index (χ2n) is 12.0. The number of aliphatic carboxylic acids is 1. The summed E-state index contributed by atoms with van der Waals surface area (Å²) in [6, 6.07) is 17.7. The molecule has 2 atom stereocenters. The van der Waals surface area contributed by atoms with Crippen molar-refractivity contribution in [2.24, 2.45) is 17.8 Å². The number of aromatic nitrogens is 3. The highest BCUT2D eigenvalue weighted by atomic mass is 32.2. The van der Waals surface area contributed by atoms with Crippen molar-refractivity contribution >= 4 is 32.7 Å². The number of halogens is 2. The van der Waals surface area contributed by atoms with Gasteiger partial charge in [0.15, 0.2) is 11.6 Å². The Labute approximate surface area is 263 Å². The smallest absolute Gasteiger partial charge is 0.308 e. The summed E-state index contributed by atoms with van der Waals surface area (Å²) in [7, 11) is -4.33. The van der Waals surface area contributed by atoms with Crippen molar-refractivity contribution in [3.8, 4) is 23.0 Å². The molecular weight excluding hydrogens is 614 g/mol. The highest BCUT2D eigenvalue weighted by molar-refractivity contribution is 7.90. The third-order valence-corrected chi connectivity index (χ3v) is 10.8. The summed E-state index contributed by atoms with van der Waals surface area (Å²) in [5.41, 5.74) is 0.524. The van der Waals surface area contributed by atoms with Crippen molar-refractivity contribution in [1.29, 1.82) is 0 Å². The zero-order valence-electron chi connectivity index (χ0n) is 24.7. The molecule has 236 valence electrons. The van der Waals surface area contributed by atoms with E-state index in [1.165, 1.54) is 18.3 Å². The molecule has 2 unspecified atom stereocenters. The molecule has 0 amide bonds. The fraction of sp³-hybridized carbons (Fsp3) is 0.265. The number of anilines is 1. The van der Waals surface area contributed by atoms with Crippen LogP contribution >= 0.6 is 0 Å². The molecule has 2 aromatic heterocycles. The van der Waals surface area contributed by atoms with Gasteiger partial charge in [0.1, 0.15) is 22.9 Å². The highest BCUT2D eigenvalue weighted by Gasteiger charge is 2.47. The van der Waals surface area contributed by atoms with Gasteiger partial charge >= 0.3 is 5.97 Å². The summed E-state index contributed by atoms with van der Waals surface area (Å²) in [4.78, 5) is 21.5. The minimum atomic E-state index is -4.33. The minimum Gasteiger partial charge on any atom is -0.481 e. The number of fused-ring (bicyclic) bond motifs is 4. The van der Waals surface area contributed by atoms with Gasteiger partial charge in [0.05, 0.1) is 10.8 Å². The zero-order valence-corrected chi connectivity index (χ0v) is 25.5. The number of carboxylic acids is 1. The number of carbonyl (C=O) groups is 1. The van der Waals surface area contributed by atoms with Crippen LogP contribution in [0.15, 0.2) is 83.9 Å². The number of hydrogen-bond acceptors (Lipinski definition) is 7. The first-order valence-corrected chi connectivity index (χ1v) is 16.5. The summed E-state index contributed by atoms with van der Waals surface area (Å²) >= 11 is 0. The lowest BCUT2D eigenvalue weighted by Crippen LogP contribution is -2.51. The first-order valence-electron chi connectivity index (χ1n) is 15.0. The fourth-order valence-electron chi connectivity index (χ4n) is 6.90. The van der Waals surface area contributed by atoms with Crippen LogP contribution in [0.2, 0.25) is 0 Å². The van der Waals surface area contributed by atoms with E-state index in [9.17, 15) is 22.7 Å². The normalized spacial score (nSPS) is 20.9. The molecule has 2 bridgehead atoms. The summed E-state index contributed by atoms with van der Waals surface area (Å²) in [5.74, 6) is -2.60. The molecule has 3 aliphatic rings. The van der Waals surface area contributed by atoms with Crippen molar-refractivity contribution in [3.05, 3.63) is 96.2 Å². The van der Waals surface area contributed by atoms with Crippen molar-refractivity contribution in [2.75, 3.05) is 5.32 Å². The SMILES string of the molecule is Cc1ccc(S(=O)(=O)n2cc(-c3nc(NC4C5CCC(CC5)C4C(=O)O)cc(Oc4ccccc4)n3)c3cc(F)cc(F)c32)cc1. The Hall–Kier alpha value is -4.84. The molecule has 5 aromatic rings. The van der Waals surface area contributed by atoms with Gasteiger partial charge in [-0.05, 0) is 74.8 Å². The van der Waals surface area contributed by atoms with Crippen molar-refractivity contribution in [1.82, 2.24) is 13.9 Å². The van der Waals surface area contributed by atoms with Gasteiger partial charge in [-0.25, -0.2) is 26.2 Å². The van der Waals surface area contributed by atoms with Gasteiger partial charge in [-0.1, -0.05) is 35.9 Å². The lowest BCUT2D eigenvalue weighted by atomic mass is 9.61. The van der Waals surface area contributed by atoms with Gasteiger partial charge in [-0.2, -0.15) is 4.98 Å². The number of nitrogens with one attached hydrogen (secondary N) is 1. The topological polar surface area (TPSA) is 123 Å². The standard InChI is InChI=1S/C34H30F2N4O5S/c1-19-7-13-24(14-8-19)46(43,44)40-18-26(25-15-22(35)16-27(36)32(25)40)33-38-28(17-29(39-33)45-23-5-3-2-4-6-23)37-31-21-11-9-20(10-12-21)30(31)34(41)42/h2-8,13-18,20-21,30-31H,9-12H2,1H3,(H,41,42)(H,37,38,39). The molecule has 0 saturated heterocycles. The molecule has 12 heteroatoms. The van der Waals surface area contributed by atoms with Gasteiger partial charge in [0.2, 0.25) is 5.88 Å². The van der Waals surface area contributed by atoms with E-state index in [4.69, 9.17) is 4.74 Å². The van der Waals surface area contributed by atoms with Crippen LogP contribution in [0.3, 0.4) is 0 Å². The summed E-state index contributed by atoms with van der Waals surface area (Å²) in [5, 5.41) is 13.4. The van der Waals surface area contributed by atoms with E-state index in [0.29, 0.717) is 11.8 Å². The van der Waals surface area contributed by atoms with Crippen LogP contribution in [0.25, 0.3) is 22.3 Å². The quantitative estimate of drug-likeness (QED) is 0.185.